The summed E-state index contributed by atoms with van der Waals surface area (Å²) in [4.78, 5) is 8.81. The van der Waals surface area contributed by atoms with E-state index in [1.807, 2.05) is 0 Å². The van der Waals surface area contributed by atoms with Crippen LogP contribution in [0.3, 0.4) is 0 Å². The van der Waals surface area contributed by atoms with E-state index in [4.69, 9.17) is 15.0 Å². The number of aliphatic hydroxyl groups excluding tert-OH is 1. The molecule has 0 aliphatic rings. The molecular formula is C10H24O3. The van der Waals surface area contributed by atoms with Gasteiger partial charge in [0.15, 0.2) is 0 Å². The largest absolute Gasteiger partial charge is 0.396 e. The molecule has 0 saturated carbocycles. The van der Waals surface area contributed by atoms with E-state index in [2.05, 4.69) is 6.92 Å². The SMILES string of the molecule is CC(C)(C)O.CC=O.CCCCO. The third-order valence-electron chi connectivity index (χ3n) is 0.512. The summed E-state index contributed by atoms with van der Waals surface area (Å²) in [6.07, 6.45) is 2.79. The van der Waals surface area contributed by atoms with Crippen molar-refractivity contribution < 1.29 is 15.0 Å². The van der Waals surface area contributed by atoms with Gasteiger partial charge in [0.1, 0.15) is 6.29 Å². The van der Waals surface area contributed by atoms with E-state index in [9.17, 15) is 0 Å². The fourth-order valence-electron chi connectivity index (χ4n) is 0.158. The number of carbonyl (C=O) groups is 1. The van der Waals surface area contributed by atoms with Crippen LogP contribution < -0.4 is 0 Å². The van der Waals surface area contributed by atoms with Crippen LogP contribution in [-0.2, 0) is 4.79 Å². The molecule has 0 aromatic heterocycles. The highest BCUT2D eigenvalue weighted by molar-refractivity contribution is 5.44. The van der Waals surface area contributed by atoms with Crippen molar-refractivity contribution in [1.29, 1.82) is 0 Å². The topological polar surface area (TPSA) is 57.5 Å². The van der Waals surface area contributed by atoms with E-state index in [0.29, 0.717) is 6.61 Å². The van der Waals surface area contributed by atoms with E-state index in [-0.39, 0.29) is 0 Å². The second-order valence-electron chi connectivity index (χ2n) is 3.48. The molecule has 0 heterocycles. The Morgan fingerprint density at radius 1 is 1.31 bits per heavy atom. The fourth-order valence-corrected chi connectivity index (χ4v) is 0.158. The van der Waals surface area contributed by atoms with Crippen LogP contribution in [0.4, 0.5) is 0 Å². The molecular weight excluding hydrogens is 168 g/mol. The van der Waals surface area contributed by atoms with Gasteiger partial charge in [0.2, 0.25) is 0 Å². The number of aldehydes is 1. The van der Waals surface area contributed by atoms with Gasteiger partial charge < -0.3 is 15.0 Å². The molecule has 0 radical (unpaired) electrons. The van der Waals surface area contributed by atoms with Crippen molar-refractivity contribution in [2.45, 2.75) is 53.1 Å². The molecule has 82 valence electrons. The van der Waals surface area contributed by atoms with Crippen molar-refractivity contribution in [3.05, 3.63) is 0 Å². The van der Waals surface area contributed by atoms with Gasteiger partial charge in [-0.1, -0.05) is 13.3 Å². The zero-order valence-corrected chi connectivity index (χ0v) is 9.50. The van der Waals surface area contributed by atoms with Gasteiger partial charge in [-0.3, -0.25) is 0 Å². The lowest BCUT2D eigenvalue weighted by molar-refractivity contribution is -0.106. The number of carbonyl (C=O) groups excluding carboxylic acids is 1. The van der Waals surface area contributed by atoms with Crippen LogP contribution in [0, 0.1) is 0 Å². The maximum absolute atomic E-state index is 8.81. The van der Waals surface area contributed by atoms with Crippen LogP contribution in [0.1, 0.15) is 47.5 Å². The number of hydrogen-bond donors (Lipinski definition) is 2. The van der Waals surface area contributed by atoms with E-state index in [1.165, 1.54) is 6.92 Å². The smallest absolute Gasteiger partial charge is 0.116 e. The third kappa shape index (κ3) is 422. The van der Waals surface area contributed by atoms with Gasteiger partial charge >= 0.3 is 0 Å². The summed E-state index contributed by atoms with van der Waals surface area (Å²) in [5, 5.41) is 16.6. The minimum Gasteiger partial charge on any atom is -0.396 e. The quantitative estimate of drug-likeness (QED) is 0.655. The summed E-state index contributed by atoms with van der Waals surface area (Å²) >= 11 is 0. The Morgan fingerprint density at radius 3 is 1.54 bits per heavy atom. The minimum absolute atomic E-state index is 0.344. The van der Waals surface area contributed by atoms with Crippen molar-refractivity contribution in [2.75, 3.05) is 6.61 Å². The normalized spacial score (nSPS) is 8.85. The maximum atomic E-state index is 8.81. The molecule has 13 heavy (non-hydrogen) atoms. The van der Waals surface area contributed by atoms with Crippen molar-refractivity contribution in [3.63, 3.8) is 0 Å². The predicted molar refractivity (Wildman–Crippen MR) is 55.7 cm³/mol. The highest BCUT2D eigenvalue weighted by Crippen LogP contribution is 1.93. The summed E-state index contributed by atoms with van der Waals surface area (Å²) in [6, 6.07) is 0. The Balaban J connectivity index is -0.000000120. The van der Waals surface area contributed by atoms with Crippen molar-refractivity contribution in [3.8, 4) is 0 Å². The van der Waals surface area contributed by atoms with E-state index in [1.54, 1.807) is 20.8 Å². The summed E-state index contributed by atoms with van der Waals surface area (Å²) in [6.45, 7) is 9.07. The number of unbranched alkanes of at least 4 members (excludes halogenated alkanes) is 1. The minimum atomic E-state index is -0.500. The molecule has 3 nitrogen and oxygen atoms in total. The molecule has 0 unspecified atom stereocenters. The van der Waals surface area contributed by atoms with Crippen LogP contribution in [0.2, 0.25) is 0 Å². The van der Waals surface area contributed by atoms with E-state index >= 15 is 0 Å². The van der Waals surface area contributed by atoms with Crippen LogP contribution in [-0.4, -0.2) is 28.7 Å². The Labute approximate surface area is 81.8 Å². The average Bonchev–Trinajstić information content (AvgIpc) is 1.87. The Bertz CT molecular complexity index is 76.7. The second kappa shape index (κ2) is 14.1. The Kier molecular flexibility index (Phi) is 20.0. The summed E-state index contributed by atoms with van der Waals surface area (Å²) < 4.78 is 0. The fraction of sp³-hybridized carbons (Fsp3) is 0.900. The zero-order chi connectivity index (χ0) is 11.3. The van der Waals surface area contributed by atoms with Gasteiger partial charge in [-0.25, -0.2) is 0 Å². The highest BCUT2D eigenvalue weighted by atomic mass is 16.3. The Hall–Kier alpha value is -0.410. The van der Waals surface area contributed by atoms with Crippen LogP contribution in [0.15, 0.2) is 0 Å². The number of hydrogen-bond acceptors (Lipinski definition) is 3. The van der Waals surface area contributed by atoms with Gasteiger partial charge in [-0.05, 0) is 34.1 Å². The first-order chi connectivity index (χ1) is 5.83. The van der Waals surface area contributed by atoms with E-state index in [0.717, 1.165) is 19.1 Å². The molecule has 0 atom stereocenters. The molecule has 0 bridgehead atoms. The third-order valence-corrected chi connectivity index (χ3v) is 0.512. The number of rotatable bonds is 2. The van der Waals surface area contributed by atoms with Crippen LogP contribution in [0.25, 0.3) is 0 Å². The van der Waals surface area contributed by atoms with Gasteiger partial charge in [0.05, 0.1) is 5.60 Å². The Morgan fingerprint density at radius 2 is 1.54 bits per heavy atom. The first kappa shape index (κ1) is 18.4. The standard InChI is InChI=1S/2C4H10O.C2H4O/c1-4(2,3)5;1-2-3-4-5;1-2-3/h5H,1-3H3;5H,2-4H2,1H3;2H,1H3. The molecule has 0 saturated heterocycles. The molecule has 3 heteroatoms. The number of aliphatic hydroxyl groups is 2. The lowest BCUT2D eigenvalue weighted by Crippen LogP contribution is -2.10. The molecule has 2 N–H and O–H groups in total. The first-order valence-electron chi connectivity index (χ1n) is 4.56. The van der Waals surface area contributed by atoms with Gasteiger partial charge in [0.25, 0.3) is 0 Å². The predicted octanol–water partition coefficient (Wildman–Crippen LogP) is 1.76. The van der Waals surface area contributed by atoms with Crippen LogP contribution >= 0.6 is 0 Å². The molecule has 0 aliphatic carbocycles. The van der Waals surface area contributed by atoms with Gasteiger partial charge in [0, 0.05) is 6.61 Å². The molecule has 0 fully saturated rings. The molecule has 0 aliphatic heterocycles. The summed E-state index contributed by atoms with van der Waals surface area (Å²) in [5.74, 6) is 0. The van der Waals surface area contributed by atoms with E-state index < -0.39 is 5.60 Å². The van der Waals surface area contributed by atoms with Crippen molar-refractivity contribution in [1.82, 2.24) is 0 Å². The maximum Gasteiger partial charge on any atom is 0.116 e. The second-order valence-corrected chi connectivity index (χ2v) is 3.48. The monoisotopic (exact) mass is 192 g/mol. The first-order valence-corrected chi connectivity index (χ1v) is 4.56. The lowest BCUT2D eigenvalue weighted by Gasteiger charge is -2.04. The summed E-state index contributed by atoms with van der Waals surface area (Å²) in [7, 11) is 0. The van der Waals surface area contributed by atoms with Crippen molar-refractivity contribution in [2.24, 2.45) is 0 Å². The van der Waals surface area contributed by atoms with Crippen molar-refractivity contribution >= 4 is 6.29 Å². The highest BCUT2D eigenvalue weighted by Gasteiger charge is 1.97. The molecule has 0 aromatic carbocycles. The van der Waals surface area contributed by atoms with Gasteiger partial charge in [-0.2, -0.15) is 0 Å². The summed E-state index contributed by atoms with van der Waals surface area (Å²) in [5.41, 5.74) is -0.500. The van der Waals surface area contributed by atoms with Crippen LogP contribution in [0.5, 0.6) is 0 Å². The zero-order valence-electron chi connectivity index (χ0n) is 9.50. The molecule has 0 amide bonds. The molecule has 0 rings (SSSR count). The van der Waals surface area contributed by atoms with Gasteiger partial charge in [-0.15, -0.1) is 0 Å². The average molecular weight is 192 g/mol. The lowest BCUT2D eigenvalue weighted by atomic mass is 10.2. The molecule has 0 spiro atoms. The molecule has 0 aromatic rings.